The molecule has 0 aromatic heterocycles. The summed E-state index contributed by atoms with van der Waals surface area (Å²) in [5, 5.41) is 5.52. The van der Waals surface area contributed by atoms with E-state index in [1.807, 2.05) is 24.3 Å². The summed E-state index contributed by atoms with van der Waals surface area (Å²) in [7, 11) is 0. The zero-order valence-corrected chi connectivity index (χ0v) is 15.0. The molecule has 2 aromatic rings. The lowest BCUT2D eigenvalue weighted by molar-refractivity contribution is -0.118. The summed E-state index contributed by atoms with van der Waals surface area (Å²) >= 11 is 3.38. The SMILES string of the molecule is O=C(CCCOc1cccc(Br)c1)Nc1ccc2c(c1)NC(=O)CO2. The van der Waals surface area contributed by atoms with E-state index in [1.165, 1.54) is 0 Å². The Morgan fingerprint density at radius 2 is 2.16 bits per heavy atom. The Labute approximate surface area is 153 Å². The van der Waals surface area contributed by atoms with Crippen LogP contribution < -0.4 is 20.1 Å². The Balaban J connectivity index is 1.45. The van der Waals surface area contributed by atoms with E-state index < -0.39 is 0 Å². The maximum absolute atomic E-state index is 12.0. The van der Waals surface area contributed by atoms with Gasteiger partial charge in [0.25, 0.3) is 5.91 Å². The first-order chi connectivity index (χ1) is 12.1. The number of carbonyl (C=O) groups excluding carboxylic acids is 2. The fraction of sp³-hybridized carbons (Fsp3) is 0.222. The van der Waals surface area contributed by atoms with Crippen LogP contribution in [0.15, 0.2) is 46.9 Å². The summed E-state index contributed by atoms with van der Waals surface area (Å²) in [6.45, 7) is 0.467. The van der Waals surface area contributed by atoms with E-state index in [0.29, 0.717) is 36.6 Å². The number of ether oxygens (including phenoxy) is 2. The van der Waals surface area contributed by atoms with Gasteiger partial charge in [-0.05, 0) is 42.8 Å². The molecule has 0 saturated heterocycles. The van der Waals surface area contributed by atoms with Gasteiger partial charge in [-0.15, -0.1) is 0 Å². The second-order valence-electron chi connectivity index (χ2n) is 5.51. The molecule has 0 spiro atoms. The van der Waals surface area contributed by atoms with Crippen molar-refractivity contribution in [2.45, 2.75) is 12.8 Å². The standard InChI is InChI=1S/C18H17BrN2O4/c19-12-3-1-4-14(9-12)24-8-2-5-17(22)20-13-6-7-16-15(10-13)21-18(23)11-25-16/h1,3-4,6-7,9-10H,2,5,8,11H2,(H,20,22)(H,21,23). The van der Waals surface area contributed by atoms with Crippen LogP contribution >= 0.6 is 15.9 Å². The number of anilines is 2. The first-order valence-corrected chi connectivity index (χ1v) is 8.64. The van der Waals surface area contributed by atoms with E-state index in [2.05, 4.69) is 26.6 Å². The van der Waals surface area contributed by atoms with Crippen LogP contribution in [0.4, 0.5) is 11.4 Å². The van der Waals surface area contributed by atoms with Gasteiger partial charge in [0.2, 0.25) is 5.91 Å². The number of fused-ring (bicyclic) bond motifs is 1. The van der Waals surface area contributed by atoms with E-state index in [-0.39, 0.29) is 18.4 Å². The van der Waals surface area contributed by atoms with Crippen LogP contribution in [0.5, 0.6) is 11.5 Å². The normalized spacial score (nSPS) is 12.6. The Bertz CT molecular complexity index is 794. The van der Waals surface area contributed by atoms with Gasteiger partial charge in [-0.25, -0.2) is 0 Å². The highest BCUT2D eigenvalue weighted by atomic mass is 79.9. The van der Waals surface area contributed by atoms with Crippen molar-refractivity contribution < 1.29 is 19.1 Å². The summed E-state index contributed by atoms with van der Waals surface area (Å²) in [5.41, 5.74) is 1.18. The van der Waals surface area contributed by atoms with Crippen molar-refractivity contribution in [3.8, 4) is 11.5 Å². The lowest BCUT2D eigenvalue weighted by atomic mass is 10.2. The molecule has 130 valence electrons. The molecule has 6 nitrogen and oxygen atoms in total. The van der Waals surface area contributed by atoms with Crippen molar-refractivity contribution in [2.24, 2.45) is 0 Å². The maximum atomic E-state index is 12.0. The quantitative estimate of drug-likeness (QED) is 0.721. The topological polar surface area (TPSA) is 76.7 Å². The highest BCUT2D eigenvalue weighted by molar-refractivity contribution is 9.10. The molecule has 1 heterocycles. The number of amides is 2. The van der Waals surface area contributed by atoms with Crippen LogP contribution in [0.25, 0.3) is 0 Å². The molecule has 0 unspecified atom stereocenters. The molecule has 1 aliphatic heterocycles. The number of benzene rings is 2. The number of carbonyl (C=O) groups is 2. The predicted octanol–water partition coefficient (Wildman–Crippen LogP) is 3.58. The first kappa shape index (κ1) is 17.3. The number of nitrogens with one attached hydrogen (secondary N) is 2. The summed E-state index contributed by atoms with van der Waals surface area (Å²) in [6.07, 6.45) is 0.942. The van der Waals surface area contributed by atoms with Gasteiger partial charge in [0, 0.05) is 16.6 Å². The summed E-state index contributed by atoms with van der Waals surface area (Å²) in [5.74, 6) is 1.04. The van der Waals surface area contributed by atoms with Crippen LogP contribution in [0.1, 0.15) is 12.8 Å². The van der Waals surface area contributed by atoms with Crippen LogP contribution in [0, 0.1) is 0 Å². The zero-order valence-electron chi connectivity index (χ0n) is 13.4. The molecule has 2 N–H and O–H groups in total. The van der Waals surface area contributed by atoms with Crippen LogP contribution in [-0.2, 0) is 9.59 Å². The maximum Gasteiger partial charge on any atom is 0.262 e. The number of hydrogen-bond donors (Lipinski definition) is 2. The van der Waals surface area contributed by atoms with Crippen molar-refractivity contribution in [3.63, 3.8) is 0 Å². The van der Waals surface area contributed by atoms with Crippen LogP contribution in [0.2, 0.25) is 0 Å². The Hall–Kier alpha value is -2.54. The number of halogens is 1. The predicted molar refractivity (Wildman–Crippen MR) is 98.1 cm³/mol. The van der Waals surface area contributed by atoms with E-state index in [1.54, 1.807) is 18.2 Å². The zero-order chi connectivity index (χ0) is 17.6. The largest absolute Gasteiger partial charge is 0.494 e. The van der Waals surface area contributed by atoms with Gasteiger partial charge in [-0.2, -0.15) is 0 Å². The summed E-state index contributed by atoms with van der Waals surface area (Å²) in [4.78, 5) is 23.3. The van der Waals surface area contributed by atoms with Crippen molar-refractivity contribution in [1.82, 2.24) is 0 Å². The Morgan fingerprint density at radius 3 is 3.00 bits per heavy atom. The fourth-order valence-corrected chi connectivity index (χ4v) is 2.74. The molecule has 0 fully saturated rings. The third-order valence-electron chi connectivity index (χ3n) is 3.51. The van der Waals surface area contributed by atoms with E-state index in [0.717, 1.165) is 10.2 Å². The Morgan fingerprint density at radius 1 is 1.28 bits per heavy atom. The lowest BCUT2D eigenvalue weighted by Crippen LogP contribution is -2.25. The first-order valence-electron chi connectivity index (χ1n) is 7.85. The van der Waals surface area contributed by atoms with Gasteiger partial charge in [0.15, 0.2) is 6.61 Å². The third kappa shape index (κ3) is 4.96. The van der Waals surface area contributed by atoms with Gasteiger partial charge < -0.3 is 20.1 Å². The lowest BCUT2D eigenvalue weighted by Gasteiger charge is -2.18. The minimum atomic E-state index is -0.208. The molecule has 1 aliphatic rings. The van der Waals surface area contributed by atoms with Gasteiger partial charge in [-0.1, -0.05) is 22.0 Å². The molecule has 25 heavy (non-hydrogen) atoms. The fourth-order valence-electron chi connectivity index (χ4n) is 2.36. The molecule has 3 rings (SSSR count). The minimum Gasteiger partial charge on any atom is -0.494 e. The van der Waals surface area contributed by atoms with E-state index >= 15 is 0 Å². The molecule has 0 saturated carbocycles. The highest BCUT2D eigenvalue weighted by Gasteiger charge is 2.16. The molecule has 0 aliphatic carbocycles. The Kier molecular flexibility index (Phi) is 5.55. The molecular weight excluding hydrogens is 388 g/mol. The molecule has 7 heteroatoms. The van der Waals surface area contributed by atoms with Crippen molar-refractivity contribution in [1.29, 1.82) is 0 Å². The van der Waals surface area contributed by atoms with Gasteiger partial charge in [-0.3, -0.25) is 9.59 Å². The van der Waals surface area contributed by atoms with Crippen molar-refractivity contribution in [2.75, 3.05) is 23.8 Å². The van der Waals surface area contributed by atoms with E-state index in [9.17, 15) is 9.59 Å². The molecule has 2 amide bonds. The van der Waals surface area contributed by atoms with Crippen molar-refractivity contribution >= 4 is 39.1 Å². The highest BCUT2D eigenvalue weighted by Crippen LogP contribution is 2.30. The molecule has 0 atom stereocenters. The number of hydrogen-bond acceptors (Lipinski definition) is 4. The average Bonchev–Trinajstić information content (AvgIpc) is 2.58. The van der Waals surface area contributed by atoms with Crippen molar-refractivity contribution in [3.05, 3.63) is 46.9 Å². The smallest absolute Gasteiger partial charge is 0.262 e. The number of rotatable bonds is 6. The molecule has 0 radical (unpaired) electrons. The summed E-state index contributed by atoms with van der Waals surface area (Å²) in [6, 6.07) is 12.7. The monoisotopic (exact) mass is 404 g/mol. The molecular formula is C18H17BrN2O4. The van der Waals surface area contributed by atoms with Gasteiger partial charge in [0.1, 0.15) is 11.5 Å². The second kappa shape index (κ2) is 8.02. The van der Waals surface area contributed by atoms with E-state index in [4.69, 9.17) is 9.47 Å². The third-order valence-corrected chi connectivity index (χ3v) is 4.00. The minimum absolute atomic E-state index is 0.0106. The average molecular weight is 405 g/mol. The van der Waals surface area contributed by atoms with Crippen LogP contribution in [0.3, 0.4) is 0 Å². The van der Waals surface area contributed by atoms with Gasteiger partial charge >= 0.3 is 0 Å². The summed E-state index contributed by atoms with van der Waals surface area (Å²) < 4.78 is 11.8. The van der Waals surface area contributed by atoms with Gasteiger partial charge in [0.05, 0.1) is 12.3 Å². The molecule has 0 bridgehead atoms. The second-order valence-corrected chi connectivity index (χ2v) is 6.42. The molecule has 2 aromatic carbocycles. The van der Waals surface area contributed by atoms with Crippen LogP contribution in [-0.4, -0.2) is 25.0 Å².